The van der Waals surface area contributed by atoms with Gasteiger partial charge < -0.3 is 10.5 Å². The van der Waals surface area contributed by atoms with Gasteiger partial charge in [-0.2, -0.15) is 0 Å². The van der Waals surface area contributed by atoms with Crippen LogP contribution in [-0.4, -0.2) is 13.0 Å². The molecule has 2 rings (SSSR count). The Bertz CT molecular complexity index is 600. The number of amides is 1. The number of benzene rings is 2. The van der Waals surface area contributed by atoms with Crippen LogP contribution < -0.4 is 10.5 Å². The van der Waals surface area contributed by atoms with Crippen molar-refractivity contribution in [3.63, 3.8) is 0 Å². The van der Waals surface area contributed by atoms with E-state index in [1.807, 2.05) is 48.5 Å². The molecule has 0 spiro atoms. The van der Waals surface area contributed by atoms with E-state index in [0.717, 1.165) is 22.4 Å². The molecule has 3 heteroatoms. The van der Waals surface area contributed by atoms with Gasteiger partial charge in [0, 0.05) is 11.6 Å². The summed E-state index contributed by atoms with van der Waals surface area (Å²) in [5, 5.41) is 0. The van der Waals surface area contributed by atoms with Crippen molar-refractivity contribution in [1.29, 1.82) is 0 Å². The number of hydrogen-bond donors (Lipinski definition) is 1. The van der Waals surface area contributed by atoms with Crippen LogP contribution in [0.4, 0.5) is 0 Å². The van der Waals surface area contributed by atoms with Crippen molar-refractivity contribution in [3.8, 4) is 16.9 Å². The molecule has 2 N–H and O–H groups in total. The topological polar surface area (TPSA) is 52.3 Å². The number of rotatable bonds is 4. The number of ether oxygens (including phenoxy) is 1. The van der Waals surface area contributed by atoms with Gasteiger partial charge in [-0.05, 0) is 23.3 Å². The van der Waals surface area contributed by atoms with Gasteiger partial charge >= 0.3 is 0 Å². The summed E-state index contributed by atoms with van der Waals surface area (Å²) in [6, 6.07) is 15.7. The van der Waals surface area contributed by atoms with Crippen molar-refractivity contribution in [2.24, 2.45) is 5.73 Å². The zero-order valence-corrected chi connectivity index (χ0v) is 10.7. The number of nitrogens with two attached hydrogens (primary N) is 1. The summed E-state index contributed by atoms with van der Waals surface area (Å²) in [6.07, 6.45) is 3.03. The van der Waals surface area contributed by atoms with Gasteiger partial charge in [0.1, 0.15) is 5.75 Å². The molecule has 0 bridgehead atoms. The third-order valence-electron chi connectivity index (χ3n) is 2.77. The Morgan fingerprint density at radius 3 is 2.42 bits per heavy atom. The minimum Gasteiger partial charge on any atom is -0.496 e. The molecular weight excluding hydrogens is 238 g/mol. The molecule has 0 saturated carbocycles. The maximum absolute atomic E-state index is 10.7. The summed E-state index contributed by atoms with van der Waals surface area (Å²) in [4.78, 5) is 10.7. The molecule has 0 unspecified atom stereocenters. The van der Waals surface area contributed by atoms with E-state index in [-0.39, 0.29) is 0 Å². The van der Waals surface area contributed by atoms with Crippen molar-refractivity contribution in [1.82, 2.24) is 0 Å². The summed E-state index contributed by atoms with van der Waals surface area (Å²) < 4.78 is 5.33. The Morgan fingerprint density at radius 2 is 1.79 bits per heavy atom. The van der Waals surface area contributed by atoms with Crippen LogP contribution in [0.3, 0.4) is 0 Å². The van der Waals surface area contributed by atoms with Gasteiger partial charge in [-0.3, -0.25) is 4.79 Å². The van der Waals surface area contributed by atoms with Crippen LogP contribution in [0.15, 0.2) is 54.6 Å². The molecule has 0 fully saturated rings. The fraction of sp³-hybridized carbons (Fsp3) is 0.0625. The largest absolute Gasteiger partial charge is 0.496 e. The standard InChI is InChI=1S/C16H15NO2/c1-19-15-5-3-2-4-14(15)13-9-6-12(7-10-13)8-11-16(17)18/h2-11H,1H3,(H2,17,18). The third-order valence-corrected chi connectivity index (χ3v) is 2.77. The Labute approximate surface area is 112 Å². The molecule has 0 aromatic heterocycles. The average Bonchev–Trinajstić information content (AvgIpc) is 2.45. The first-order valence-electron chi connectivity index (χ1n) is 5.91. The molecule has 0 heterocycles. The first-order valence-corrected chi connectivity index (χ1v) is 5.91. The lowest BCUT2D eigenvalue weighted by Gasteiger charge is -2.08. The molecule has 0 radical (unpaired) electrons. The molecule has 0 aliphatic carbocycles. The molecule has 3 nitrogen and oxygen atoms in total. The van der Waals surface area contributed by atoms with Gasteiger partial charge in [-0.25, -0.2) is 0 Å². The van der Waals surface area contributed by atoms with Crippen LogP contribution in [-0.2, 0) is 4.79 Å². The van der Waals surface area contributed by atoms with Crippen molar-refractivity contribution in [2.75, 3.05) is 7.11 Å². The maximum Gasteiger partial charge on any atom is 0.241 e. The summed E-state index contributed by atoms with van der Waals surface area (Å²) >= 11 is 0. The highest BCUT2D eigenvalue weighted by molar-refractivity contribution is 5.90. The van der Waals surface area contributed by atoms with Gasteiger partial charge in [0.25, 0.3) is 0 Å². The minimum absolute atomic E-state index is 0.450. The molecule has 0 saturated heterocycles. The third kappa shape index (κ3) is 3.22. The number of carbonyl (C=O) groups excluding carboxylic acids is 1. The number of para-hydroxylation sites is 1. The Hall–Kier alpha value is -2.55. The van der Waals surface area contributed by atoms with Crippen molar-refractivity contribution in [2.45, 2.75) is 0 Å². The highest BCUT2D eigenvalue weighted by atomic mass is 16.5. The van der Waals surface area contributed by atoms with Gasteiger partial charge in [0.2, 0.25) is 5.91 Å². The summed E-state index contributed by atoms with van der Waals surface area (Å²) in [6.45, 7) is 0. The number of methoxy groups -OCH3 is 1. The smallest absolute Gasteiger partial charge is 0.241 e. The quantitative estimate of drug-likeness (QED) is 0.852. The average molecular weight is 253 g/mol. The van der Waals surface area contributed by atoms with Crippen molar-refractivity contribution >= 4 is 12.0 Å². The van der Waals surface area contributed by atoms with Crippen LogP contribution in [0, 0.1) is 0 Å². The number of carbonyl (C=O) groups is 1. The molecule has 19 heavy (non-hydrogen) atoms. The van der Waals surface area contributed by atoms with Gasteiger partial charge in [-0.1, -0.05) is 42.5 Å². The normalized spacial score (nSPS) is 10.6. The lowest BCUT2D eigenvalue weighted by molar-refractivity contribution is -0.113. The molecule has 2 aromatic carbocycles. The van der Waals surface area contributed by atoms with E-state index in [0.29, 0.717) is 0 Å². The monoisotopic (exact) mass is 253 g/mol. The predicted octanol–water partition coefficient (Wildman–Crippen LogP) is 2.86. The lowest BCUT2D eigenvalue weighted by Crippen LogP contribution is -2.04. The number of hydrogen-bond acceptors (Lipinski definition) is 2. The van der Waals surface area contributed by atoms with Crippen molar-refractivity contribution in [3.05, 3.63) is 60.2 Å². The lowest BCUT2D eigenvalue weighted by atomic mass is 10.0. The Kier molecular flexibility index (Phi) is 3.98. The Balaban J connectivity index is 2.30. The first-order chi connectivity index (χ1) is 9.20. The molecule has 1 amide bonds. The molecular formula is C16H15NO2. The molecule has 2 aromatic rings. The summed E-state index contributed by atoms with van der Waals surface area (Å²) in [7, 11) is 1.66. The van der Waals surface area contributed by atoms with E-state index < -0.39 is 5.91 Å². The molecule has 0 aliphatic heterocycles. The van der Waals surface area contributed by atoms with Crippen LogP contribution in [0.2, 0.25) is 0 Å². The van der Waals surface area contributed by atoms with Gasteiger partial charge in [0.05, 0.1) is 7.11 Å². The first kappa shape index (κ1) is 12.9. The fourth-order valence-corrected chi connectivity index (χ4v) is 1.84. The van der Waals surface area contributed by atoms with E-state index >= 15 is 0 Å². The molecule has 96 valence electrons. The number of primary amides is 1. The second-order valence-electron chi connectivity index (χ2n) is 4.06. The highest BCUT2D eigenvalue weighted by Crippen LogP contribution is 2.29. The fourth-order valence-electron chi connectivity index (χ4n) is 1.84. The minimum atomic E-state index is -0.450. The molecule has 0 atom stereocenters. The second kappa shape index (κ2) is 5.87. The Morgan fingerprint density at radius 1 is 1.11 bits per heavy atom. The SMILES string of the molecule is COc1ccccc1-c1ccc(C=CC(N)=O)cc1. The summed E-state index contributed by atoms with van der Waals surface area (Å²) in [5.74, 6) is 0.386. The van der Waals surface area contributed by atoms with E-state index in [1.165, 1.54) is 6.08 Å². The summed E-state index contributed by atoms with van der Waals surface area (Å²) in [5.41, 5.74) is 8.09. The van der Waals surface area contributed by atoms with E-state index in [2.05, 4.69) is 0 Å². The van der Waals surface area contributed by atoms with Crippen LogP contribution >= 0.6 is 0 Å². The van der Waals surface area contributed by atoms with Gasteiger partial charge in [-0.15, -0.1) is 0 Å². The van der Waals surface area contributed by atoms with E-state index in [9.17, 15) is 4.79 Å². The van der Waals surface area contributed by atoms with Gasteiger partial charge in [0.15, 0.2) is 0 Å². The van der Waals surface area contributed by atoms with Crippen LogP contribution in [0.1, 0.15) is 5.56 Å². The predicted molar refractivity (Wildman–Crippen MR) is 76.7 cm³/mol. The highest BCUT2D eigenvalue weighted by Gasteiger charge is 2.03. The van der Waals surface area contributed by atoms with Crippen LogP contribution in [0.25, 0.3) is 17.2 Å². The van der Waals surface area contributed by atoms with Crippen molar-refractivity contribution < 1.29 is 9.53 Å². The molecule has 0 aliphatic rings. The second-order valence-corrected chi connectivity index (χ2v) is 4.06. The zero-order chi connectivity index (χ0) is 13.7. The maximum atomic E-state index is 10.7. The van der Waals surface area contributed by atoms with Crippen LogP contribution in [0.5, 0.6) is 5.75 Å². The van der Waals surface area contributed by atoms with E-state index in [4.69, 9.17) is 10.5 Å². The van der Waals surface area contributed by atoms with E-state index in [1.54, 1.807) is 13.2 Å². The zero-order valence-electron chi connectivity index (χ0n) is 10.7.